The molecular weight excluding hydrogens is 584 g/mol. The number of aliphatic hydroxyl groups is 2. The van der Waals surface area contributed by atoms with Crippen molar-refractivity contribution in [2.75, 3.05) is 39.6 Å². The highest BCUT2D eigenvalue weighted by Gasteiger charge is 2.35. The molecule has 4 saturated heterocycles. The van der Waals surface area contributed by atoms with Crippen LogP contribution in [0.2, 0.25) is 0 Å². The Morgan fingerprint density at radius 2 is 0.739 bits per heavy atom. The predicted molar refractivity (Wildman–Crippen MR) is 169 cm³/mol. The summed E-state index contributed by atoms with van der Waals surface area (Å²) in [5.41, 5.74) is 6.15. The predicted octanol–water partition coefficient (Wildman–Crippen LogP) is 5.07. The minimum Gasteiger partial charge on any atom is -0.491 e. The smallest absolute Gasteiger partial charge is 0.119 e. The lowest BCUT2D eigenvalue weighted by atomic mass is 9.73. The van der Waals surface area contributed by atoms with E-state index < -0.39 is 12.2 Å². The van der Waals surface area contributed by atoms with Crippen LogP contribution in [-0.4, -0.2) is 74.3 Å². The van der Waals surface area contributed by atoms with Crippen LogP contribution in [0.25, 0.3) is 0 Å². The van der Waals surface area contributed by atoms with Crippen LogP contribution < -0.4 is 9.47 Å². The van der Waals surface area contributed by atoms with Crippen molar-refractivity contribution in [3.8, 4) is 11.5 Å². The first-order valence-electron chi connectivity index (χ1n) is 16.1. The second-order valence-corrected chi connectivity index (χ2v) is 12.6. The molecule has 4 aromatic carbocycles. The van der Waals surface area contributed by atoms with Gasteiger partial charge in [0.25, 0.3) is 0 Å². The Hall–Kier alpha value is -3.76. The molecule has 8 heteroatoms. The molecule has 0 amide bonds. The molecule has 0 aromatic heterocycles. The molecule has 2 N–H and O–H groups in total. The molecule has 8 rings (SSSR count). The third-order valence-electron chi connectivity index (χ3n) is 9.19. The molecule has 0 radical (unpaired) electrons. The summed E-state index contributed by atoms with van der Waals surface area (Å²) in [5, 5.41) is 21.4. The van der Waals surface area contributed by atoms with Crippen LogP contribution in [0.5, 0.6) is 11.5 Å². The van der Waals surface area contributed by atoms with Gasteiger partial charge >= 0.3 is 0 Å². The minimum absolute atomic E-state index is 0.0771. The van der Waals surface area contributed by atoms with Gasteiger partial charge in [0.2, 0.25) is 0 Å². The summed E-state index contributed by atoms with van der Waals surface area (Å²) >= 11 is 0. The van der Waals surface area contributed by atoms with Gasteiger partial charge in [-0.25, -0.2) is 0 Å². The number of hydrogen-bond acceptors (Lipinski definition) is 8. The van der Waals surface area contributed by atoms with Crippen LogP contribution in [0.15, 0.2) is 97.1 Å². The van der Waals surface area contributed by atoms with E-state index in [1.807, 2.05) is 48.5 Å². The van der Waals surface area contributed by atoms with Crippen molar-refractivity contribution < 1.29 is 38.6 Å². The monoisotopic (exact) mass is 622 g/mol. The number of aliphatic hydroxyl groups excluding tert-OH is 2. The van der Waals surface area contributed by atoms with Crippen molar-refractivity contribution in [1.82, 2.24) is 0 Å². The topological polar surface area (TPSA) is 109 Å². The molecule has 6 atom stereocenters. The van der Waals surface area contributed by atoms with Gasteiger partial charge in [-0.15, -0.1) is 0 Å². The highest BCUT2D eigenvalue weighted by atomic mass is 16.6. The van der Waals surface area contributed by atoms with Crippen LogP contribution in [0.3, 0.4) is 0 Å². The lowest BCUT2D eigenvalue weighted by molar-refractivity contribution is 0.137. The van der Waals surface area contributed by atoms with E-state index in [0.717, 1.165) is 58.1 Å². The molecule has 0 spiro atoms. The van der Waals surface area contributed by atoms with Gasteiger partial charge in [0.15, 0.2) is 0 Å². The number of benzene rings is 4. The first-order valence-corrected chi connectivity index (χ1v) is 16.1. The van der Waals surface area contributed by atoms with E-state index in [-0.39, 0.29) is 36.3 Å². The Bertz CT molecular complexity index is 1470. The molecule has 0 bridgehead atoms. The van der Waals surface area contributed by atoms with Crippen molar-refractivity contribution >= 4 is 0 Å². The van der Waals surface area contributed by atoms with E-state index in [0.29, 0.717) is 26.4 Å². The summed E-state index contributed by atoms with van der Waals surface area (Å²) < 4.78 is 33.3. The average molecular weight is 623 g/mol. The maximum absolute atomic E-state index is 10.7. The average Bonchev–Trinajstić information content (AvgIpc) is 3.92. The van der Waals surface area contributed by atoms with Gasteiger partial charge in [0.1, 0.15) is 61.3 Å². The van der Waals surface area contributed by atoms with Crippen LogP contribution in [0.4, 0.5) is 0 Å². The molecule has 238 valence electrons. The number of epoxide rings is 4. The molecule has 4 aromatic rings. The zero-order chi connectivity index (χ0) is 31.0. The van der Waals surface area contributed by atoms with Crippen LogP contribution >= 0.6 is 0 Å². The van der Waals surface area contributed by atoms with Gasteiger partial charge in [-0.2, -0.15) is 0 Å². The normalized spacial score (nSPS) is 25.2. The van der Waals surface area contributed by atoms with Crippen molar-refractivity contribution in [2.45, 2.75) is 48.5 Å². The summed E-state index contributed by atoms with van der Waals surface area (Å²) in [5.74, 6) is 1.44. The fraction of sp³-hybridized carbons (Fsp3) is 0.368. The van der Waals surface area contributed by atoms with Gasteiger partial charge in [0, 0.05) is 11.8 Å². The SMILES string of the molecule is OC(c1ccc(C(c2ccc(C(O)C3CO3)cc2)C(c2ccc(OCC3CO3)cc2)c2ccc(OCC3CO3)cc2)cc1)C1CO1. The van der Waals surface area contributed by atoms with Gasteiger partial charge < -0.3 is 38.6 Å². The summed E-state index contributed by atoms with van der Waals surface area (Å²) in [6.07, 6.45) is -1.19. The Morgan fingerprint density at radius 3 is 1.02 bits per heavy atom. The maximum Gasteiger partial charge on any atom is 0.119 e. The van der Waals surface area contributed by atoms with E-state index in [1.165, 1.54) is 0 Å². The van der Waals surface area contributed by atoms with Crippen molar-refractivity contribution in [3.63, 3.8) is 0 Å². The van der Waals surface area contributed by atoms with Gasteiger partial charge in [-0.1, -0.05) is 72.8 Å². The highest BCUT2D eigenvalue weighted by Crippen LogP contribution is 2.44. The van der Waals surface area contributed by atoms with Gasteiger partial charge in [0.05, 0.1) is 26.4 Å². The van der Waals surface area contributed by atoms with Crippen LogP contribution in [0.1, 0.15) is 57.4 Å². The lowest BCUT2D eigenvalue weighted by Crippen LogP contribution is -2.16. The summed E-state index contributed by atoms with van der Waals surface area (Å²) in [4.78, 5) is 0. The van der Waals surface area contributed by atoms with Crippen LogP contribution in [0, 0.1) is 0 Å². The molecular formula is C38H38O8. The fourth-order valence-corrected chi connectivity index (χ4v) is 6.11. The molecule has 0 aliphatic carbocycles. The molecule has 0 saturated carbocycles. The quantitative estimate of drug-likeness (QED) is 0.177. The molecule has 4 aliphatic rings. The van der Waals surface area contributed by atoms with Crippen molar-refractivity contribution in [2.24, 2.45) is 0 Å². The Labute approximate surface area is 268 Å². The zero-order valence-corrected chi connectivity index (χ0v) is 25.4. The molecule has 6 unspecified atom stereocenters. The third-order valence-corrected chi connectivity index (χ3v) is 9.19. The zero-order valence-electron chi connectivity index (χ0n) is 25.4. The largest absolute Gasteiger partial charge is 0.491 e. The fourth-order valence-electron chi connectivity index (χ4n) is 6.11. The summed E-state index contributed by atoms with van der Waals surface area (Å²) in [6, 6.07) is 33.1. The third kappa shape index (κ3) is 6.98. The second kappa shape index (κ2) is 12.8. The highest BCUT2D eigenvalue weighted by molar-refractivity contribution is 5.48. The van der Waals surface area contributed by atoms with Crippen LogP contribution in [-0.2, 0) is 18.9 Å². The van der Waals surface area contributed by atoms with E-state index in [9.17, 15) is 10.2 Å². The summed E-state index contributed by atoms with van der Waals surface area (Å²) in [7, 11) is 0. The Balaban J connectivity index is 1.17. The Morgan fingerprint density at radius 1 is 0.457 bits per heavy atom. The van der Waals surface area contributed by atoms with Crippen molar-refractivity contribution in [1.29, 1.82) is 0 Å². The molecule has 8 nitrogen and oxygen atoms in total. The van der Waals surface area contributed by atoms with Crippen molar-refractivity contribution in [3.05, 3.63) is 130 Å². The maximum atomic E-state index is 10.7. The van der Waals surface area contributed by atoms with E-state index in [1.54, 1.807) is 0 Å². The van der Waals surface area contributed by atoms with E-state index in [4.69, 9.17) is 28.4 Å². The first kappa shape index (κ1) is 29.6. The standard InChI is InChI=1S/C38H38O8/c39-37(33-21-45-33)27-5-1-23(2-6-27)35(24-3-7-28(8-4-24)38(40)34-22-46-34)36(25-9-13-29(14-10-25)41-17-31-19-43-31)26-11-15-30(16-12-26)42-18-32-20-44-32/h1-16,31-40H,17-22H2. The van der Waals surface area contributed by atoms with Gasteiger partial charge in [-0.3, -0.25) is 0 Å². The molecule has 46 heavy (non-hydrogen) atoms. The summed E-state index contributed by atoms with van der Waals surface area (Å²) in [6.45, 7) is 3.77. The number of hydrogen-bond donors (Lipinski definition) is 2. The number of ether oxygens (including phenoxy) is 6. The molecule has 4 heterocycles. The molecule has 4 fully saturated rings. The van der Waals surface area contributed by atoms with E-state index in [2.05, 4.69) is 48.5 Å². The van der Waals surface area contributed by atoms with Gasteiger partial charge in [-0.05, 0) is 57.6 Å². The van der Waals surface area contributed by atoms with E-state index >= 15 is 0 Å². The second-order valence-electron chi connectivity index (χ2n) is 12.6. The number of rotatable bonds is 15. The lowest BCUT2D eigenvalue weighted by Gasteiger charge is -2.30. The first-order chi connectivity index (χ1) is 22.6. The molecule has 4 aliphatic heterocycles. The Kier molecular flexibility index (Phi) is 8.24. The minimum atomic E-state index is -0.643.